The van der Waals surface area contributed by atoms with Gasteiger partial charge in [-0.15, -0.1) is 23.1 Å². The van der Waals surface area contributed by atoms with Crippen LogP contribution in [0.3, 0.4) is 0 Å². The lowest BCUT2D eigenvalue weighted by atomic mass is 10.2. The Morgan fingerprint density at radius 1 is 1.37 bits per heavy atom. The van der Waals surface area contributed by atoms with Crippen molar-refractivity contribution in [3.8, 4) is 0 Å². The van der Waals surface area contributed by atoms with Gasteiger partial charge in [0.15, 0.2) is 0 Å². The summed E-state index contributed by atoms with van der Waals surface area (Å²) in [5.41, 5.74) is -0.340. The van der Waals surface area contributed by atoms with Gasteiger partial charge in [-0.05, 0) is 44.5 Å². The first-order valence-electron chi connectivity index (χ1n) is 8.75. The zero-order valence-electron chi connectivity index (χ0n) is 16.1. The number of amides is 1. The van der Waals surface area contributed by atoms with Gasteiger partial charge in [0.25, 0.3) is 5.56 Å². The number of halogens is 4. The number of thiophene rings is 1. The van der Waals surface area contributed by atoms with Crippen molar-refractivity contribution < 1.29 is 18.0 Å². The minimum atomic E-state index is -4.62. The molecule has 1 aromatic carbocycles. The van der Waals surface area contributed by atoms with E-state index in [1.165, 1.54) is 29.2 Å². The molecule has 2 N–H and O–H groups in total. The van der Waals surface area contributed by atoms with Crippen molar-refractivity contribution in [2.45, 2.75) is 38.0 Å². The van der Waals surface area contributed by atoms with Crippen LogP contribution in [-0.4, -0.2) is 21.1 Å². The van der Waals surface area contributed by atoms with E-state index in [2.05, 4.69) is 15.3 Å². The summed E-state index contributed by atoms with van der Waals surface area (Å²) >= 11 is 8.23. The molecule has 160 valence electrons. The van der Waals surface area contributed by atoms with Gasteiger partial charge >= 0.3 is 6.18 Å². The van der Waals surface area contributed by atoms with Gasteiger partial charge in [0, 0.05) is 10.6 Å². The van der Waals surface area contributed by atoms with Crippen LogP contribution >= 0.6 is 34.7 Å². The van der Waals surface area contributed by atoms with E-state index < -0.39 is 27.9 Å². The molecule has 0 aliphatic rings. The van der Waals surface area contributed by atoms with Gasteiger partial charge in [0.1, 0.15) is 10.7 Å². The Labute approximate surface area is 183 Å². The summed E-state index contributed by atoms with van der Waals surface area (Å²) in [6.45, 7) is 5.41. The number of H-pyrrole nitrogens is 1. The fourth-order valence-corrected chi connectivity index (χ4v) is 4.74. The van der Waals surface area contributed by atoms with E-state index in [4.69, 9.17) is 11.6 Å². The maximum atomic E-state index is 13.0. The predicted octanol–water partition coefficient (Wildman–Crippen LogP) is 5.53. The first kappa shape index (κ1) is 22.6. The van der Waals surface area contributed by atoms with Gasteiger partial charge in [0.05, 0.1) is 27.0 Å². The van der Waals surface area contributed by atoms with Gasteiger partial charge in [-0.1, -0.05) is 11.6 Å². The van der Waals surface area contributed by atoms with Crippen molar-refractivity contribution in [3.05, 3.63) is 55.4 Å². The third-order valence-electron chi connectivity index (χ3n) is 4.47. The molecule has 2 aromatic heterocycles. The number of hydrogen-bond donors (Lipinski definition) is 2. The lowest BCUT2D eigenvalue weighted by Gasteiger charge is -2.14. The molecule has 3 rings (SSSR count). The average molecular weight is 476 g/mol. The number of benzene rings is 1. The number of thioether (sulfide) groups is 1. The summed E-state index contributed by atoms with van der Waals surface area (Å²) < 4.78 is 38.9. The van der Waals surface area contributed by atoms with Gasteiger partial charge in [-0.3, -0.25) is 9.59 Å². The number of alkyl halides is 3. The zero-order chi connectivity index (χ0) is 22.2. The molecule has 0 bridgehead atoms. The number of carbonyl (C=O) groups excluding carboxylic acids is 1. The lowest BCUT2D eigenvalue weighted by Crippen LogP contribution is -2.23. The van der Waals surface area contributed by atoms with Gasteiger partial charge in [-0.2, -0.15) is 13.2 Å². The molecule has 30 heavy (non-hydrogen) atoms. The first-order valence-corrected chi connectivity index (χ1v) is 11.0. The number of rotatable bonds is 5. The molecule has 1 amide bonds. The predicted molar refractivity (Wildman–Crippen MR) is 116 cm³/mol. The second kappa shape index (κ2) is 8.60. The number of fused-ring (bicyclic) bond motifs is 1. The minimum absolute atomic E-state index is 0.00154. The van der Waals surface area contributed by atoms with E-state index in [0.29, 0.717) is 16.0 Å². The van der Waals surface area contributed by atoms with E-state index in [1.807, 2.05) is 13.8 Å². The number of hydrogen-bond acceptors (Lipinski definition) is 5. The maximum Gasteiger partial charge on any atom is 0.417 e. The van der Waals surface area contributed by atoms with E-state index in [-0.39, 0.29) is 17.0 Å². The summed E-state index contributed by atoms with van der Waals surface area (Å²) in [7, 11) is 0. The number of carbonyl (C=O) groups is 1. The third-order valence-corrected chi connectivity index (χ3v) is 7.05. The highest BCUT2D eigenvalue weighted by Crippen LogP contribution is 2.36. The number of anilines is 1. The van der Waals surface area contributed by atoms with Crippen LogP contribution in [0.2, 0.25) is 5.02 Å². The molecule has 1 unspecified atom stereocenters. The molecular formula is C19H17ClF3N3O2S2. The van der Waals surface area contributed by atoms with Crippen molar-refractivity contribution in [1.82, 2.24) is 9.97 Å². The Morgan fingerprint density at radius 2 is 2.07 bits per heavy atom. The molecule has 0 fully saturated rings. The third kappa shape index (κ3) is 4.81. The van der Waals surface area contributed by atoms with E-state index in [0.717, 1.165) is 22.6 Å². The highest BCUT2D eigenvalue weighted by molar-refractivity contribution is 7.99. The van der Waals surface area contributed by atoms with E-state index >= 15 is 0 Å². The Kier molecular flexibility index (Phi) is 6.49. The van der Waals surface area contributed by atoms with Gasteiger partial charge < -0.3 is 10.3 Å². The molecule has 0 saturated heterocycles. The maximum absolute atomic E-state index is 13.0. The van der Waals surface area contributed by atoms with Crippen molar-refractivity contribution >= 4 is 56.5 Å². The second-order valence-electron chi connectivity index (χ2n) is 6.61. The molecule has 5 nitrogen and oxygen atoms in total. The summed E-state index contributed by atoms with van der Waals surface area (Å²) in [6.07, 6.45) is -4.62. The highest BCUT2D eigenvalue weighted by Gasteiger charge is 2.33. The molecule has 3 aromatic rings. The Morgan fingerprint density at radius 3 is 2.73 bits per heavy atom. The van der Waals surface area contributed by atoms with Crippen molar-refractivity contribution in [2.75, 3.05) is 5.32 Å². The monoisotopic (exact) mass is 475 g/mol. The van der Waals surface area contributed by atoms with E-state index in [1.54, 1.807) is 6.92 Å². The Hall–Kier alpha value is -2.04. The van der Waals surface area contributed by atoms with Crippen LogP contribution in [-0.2, 0) is 16.7 Å². The number of aromatic nitrogens is 2. The van der Waals surface area contributed by atoms with Crippen LogP contribution in [0.25, 0.3) is 10.2 Å². The first-order chi connectivity index (χ1) is 14.0. The van der Waals surface area contributed by atoms with Crippen LogP contribution in [0.15, 0.2) is 23.0 Å². The van der Waals surface area contributed by atoms with Crippen molar-refractivity contribution in [3.63, 3.8) is 0 Å². The number of nitrogens with zero attached hydrogens (tertiary/aromatic N) is 1. The van der Waals surface area contributed by atoms with E-state index in [9.17, 15) is 22.8 Å². The Bertz CT molecular complexity index is 1170. The van der Waals surface area contributed by atoms with Crippen LogP contribution < -0.4 is 10.9 Å². The van der Waals surface area contributed by atoms with Gasteiger partial charge in [-0.25, -0.2) is 4.98 Å². The van der Waals surface area contributed by atoms with Crippen LogP contribution in [0.1, 0.15) is 28.8 Å². The molecule has 0 spiro atoms. The topological polar surface area (TPSA) is 74.8 Å². The molecule has 1 atom stereocenters. The molecule has 0 aliphatic carbocycles. The SMILES string of the molecule is Cc1sc2nc(CSC(C)C(=O)Nc3ccc(Cl)c(C(F)(F)F)c3)[nH]c(=O)c2c1C. The molecule has 11 heteroatoms. The number of aryl methyl sites for hydroxylation is 2. The largest absolute Gasteiger partial charge is 0.417 e. The summed E-state index contributed by atoms with van der Waals surface area (Å²) in [4.78, 5) is 33.5. The zero-order valence-corrected chi connectivity index (χ0v) is 18.5. The number of nitrogens with one attached hydrogen (secondary N) is 2. The molecule has 0 radical (unpaired) electrons. The van der Waals surface area contributed by atoms with Crippen molar-refractivity contribution in [1.29, 1.82) is 0 Å². The number of aromatic amines is 1. The Balaban J connectivity index is 1.68. The van der Waals surface area contributed by atoms with Crippen molar-refractivity contribution in [2.24, 2.45) is 0 Å². The smallest absolute Gasteiger partial charge is 0.325 e. The molecular weight excluding hydrogens is 459 g/mol. The summed E-state index contributed by atoms with van der Waals surface area (Å²) in [5, 5.41) is 2.00. The van der Waals surface area contributed by atoms with Crippen LogP contribution in [0, 0.1) is 13.8 Å². The molecule has 0 aliphatic heterocycles. The fraction of sp³-hybridized carbons (Fsp3) is 0.316. The summed E-state index contributed by atoms with van der Waals surface area (Å²) in [6, 6.07) is 3.19. The van der Waals surface area contributed by atoms with Gasteiger partial charge in [0.2, 0.25) is 5.91 Å². The van der Waals surface area contributed by atoms with Crippen LogP contribution in [0.5, 0.6) is 0 Å². The summed E-state index contributed by atoms with van der Waals surface area (Å²) in [5.74, 6) is 0.232. The lowest BCUT2D eigenvalue weighted by molar-refractivity contribution is -0.137. The highest BCUT2D eigenvalue weighted by atomic mass is 35.5. The molecule has 0 saturated carbocycles. The standard InChI is InChI=1S/C19H17ClF3N3O2S2/c1-8-9(2)30-18-15(8)17(28)25-14(26-18)7-29-10(3)16(27)24-11-4-5-13(20)12(6-11)19(21,22)23/h4-6,10H,7H2,1-3H3,(H,24,27)(H,25,26,28). The quantitative estimate of drug-likeness (QED) is 0.508. The van der Waals surface area contributed by atoms with Crippen LogP contribution in [0.4, 0.5) is 18.9 Å². The second-order valence-corrected chi connectivity index (χ2v) is 9.55. The average Bonchev–Trinajstić information content (AvgIpc) is 2.94. The fourth-order valence-electron chi connectivity index (χ4n) is 2.71. The molecule has 2 heterocycles. The normalized spacial score (nSPS) is 12.9. The minimum Gasteiger partial charge on any atom is -0.325 e.